The first kappa shape index (κ1) is 8.10. The molecule has 1 atom stereocenters. The lowest BCUT2D eigenvalue weighted by Crippen LogP contribution is -2.15. The fraction of sp³-hybridized carbons (Fsp3) is 0.300. The van der Waals surface area contributed by atoms with Crippen LogP contribution in [0.3, 0.4) is 0 Å². The van der Waals surface area contributed by atoms with Crippen molar-refractivity contribution in [3.8, 4) is 0 Å². The number of anilines is 1. The van der Waals surface area contributed by atoms with Gasteiger partial charge in [-0.3, -0.25) is 4.79 Å². The minimum Gasteiger partial charge on any atom is -0.468 e. The van der Waals surface area contributed by atoms with Crippen molar-refractivity contribution in [2.75, 3.05) is 19.0 Å². The van der Waals surface area contributed by atoms with E-state index in [9.17, 15) is 4.79 Å². The summed E-state index contributed by atoms with van der Waals surface area (Å²) in [6, 6.07) is 7.81. The molecule has 0 saturated carbocycles. The molecule has 0 aliphatic carbocycles. The fourth-order valence-corrected chi connectivity index (χ4v) is 1.64. The molecule has 3 nitrogen and oxygen atoms in total. The van der Waals surface area contributed by atoms with Crippen molar-refractivity contribution in [1.29, 1.82) is 0 Å². The predicted molar refractivity (Wildman–Crippen MR) is 49.7 cm³/mol. The van der Waals surface area contributed by atoms with Crippen LogP contribution in [0.25, 0.3) is 0 Å². The number of nitrogens with one attached hydrogen (secondary N) is 1. The van der Waals surface area contributed by atoms with Crippen LogP contribution in [0.4, 0.5) is 5.69 Å². The molecule has 0 unspecified atom stereocenters. The van der Waals surface area contributed by atoms with Crippen LogP contribution >= 0.6 is 0 Å². The number of para-hydroxylation sites is 1. The summed E-state index contributed by atoms with van der Waals surface area (Å²) < 4.78 is 4.71. The Morgan fingerprint density at radius 1 is 1.54 bits per heavy atom. The molecule has 1 N–H and O–H groups in total. The summed E-state index contributed by atoms with van der Waals surface area (Å²) in [4.78, 5) is 11.3. The van der Waals surface area contributed by atoms with Crippen LogP contribution in [0.2, 0.25) is 0 Å². The molecule has 1 aliphatic heterocycles. The first-order valence-corrected chi connectivity index (χ1v) is 4.23. The largest absolute Gasteiger partial charge is 0.468 e. The summed E-state index contributed by atoms with van der Waals surface area (Å²) >= 11 is 0. The van der Waals surface area contributed by atoms with E-state index in [1.165, 1.54) is 7.11 Å². The highest BCUT2D eigenvalue weighted by Gasteiger charge is 2.28. The first-order valence-electron chi connectivity index (χ1n) is 4.23. The third-order valence-electron chi connectivity index (χ3n) is 2.32. The van der Waals surface area contributed by atoms with Crippen LogP contribution in [0.1, 0.15) is 11.5 Å². The smallest absolute Gasteiger partial charge is 0.315 e. The van der Waals surface area contributed by atoms with E-state index in [4.69, 9.17) is 4.74 Å². The molecule has 0 amide bonds. The fourth-order valence-electron chi connectivity index (χ4n) is 1.64. The molecule has 1 heterocycles. The highest BCUT2D eigenvalue weighted by molar-refractivity contribution is 5.83. The van der Waals surface area contributed by atoms with E-state index in [1.807, 2.05) is 24.3 Å². The zero-order valence-electron chi connectivity index (χ0n) is 7.41. The van der Waals surface area contributed by atoms with Gasteiger partial charge in [-0.05, 0) is 11.6 Å². The normalized spacial score (nSPS) is 19.0. The van der Waals surface area contributed by atoms with Gasteiger partial charge in [-0.1, -0.05) is 18.2 Å². The van der Waals surface area contributed by atoms with Crippen molar-refractivity contribution in [3.63, 3.8) is 0 Å². The van der Waals surface area contributed by atoms with Gasteiger partial charge in [0.1, 0.15) is 5.92 Å². The van der Waals surface area contributed by atoms with Gasteiger partial charge < -0.3 is 10.1 Å². The molecule has 0 fully saturated rings. The second-order valence-electron chi connectivity index (χ2n) is 3.04. The third kappa shape index (κ3) is 1.26. The van der Waals surface area contributed by atoms with Gasteiger partial charge in [0, 0.05) is 12.2 Å². The predicted octanol–water partition coefficient (Wildman–Crippen LogP) is 1.37. The molecule has 0 radical (unpaired) electrons. The highest BCUT2D eigenvalue weighted by Crippen LogP contribution is 2.31. The van der Waals surface area contributed by atoms with Gasteiger partial charge in [-0.15, -0.1) is 0 Å². The maximum atomic E-state index is 11.3. The van der Waals surface area contributed by atoms with Crippen LogP contribution in [0, 0.1) is 0 Å². The Morgan fingerprint density at radius 3 is 3.08 bits per heavy atom. The number of esters is 1. The first-order chi connectivity index (χ1) is 6.33. The Labute approximate surface area is 76.7 Å². The summed E-state index contributed by atoms with van der Waals surface area (Å²) in [5, 5.41) is 3.16. The van der Waals surface area contributed by atoms with Gasteiger partial charge >= 0.3 is 5.97 Å². The third-order valence-corrected chi connectivity index (χ3v) is 2.32. The number of hydrogen-bond donors (Lipinski definition) is 1. The summed E-state index contributed by atoms with van der Waals surface area (Å²) in [5.74, 6) is -0.307. The maximum Gasteiger partial charge on any atom is 0.315 e. The SMILES string of the molecule is COC(=O)[C@H]1CNc2ccccc21. The van der Waals surface area contributed by atoms with E-state index in [1.54, 1.807) is 0 Å². The Balaban J connectivity index is 2.33. The summed E-state index contributed by atoms with van der Waals surface area (Å²) in [6.07, 6.45) is 0. The minimum absolute atomic E-state index is 0.138. The van der Waals surface area contributed by atoms with Crippen molar-refractivity contribution < 1.29 is 9.53 Å². The number of ether oxygens (including phenoxy) is 1. The average Bonchev–Trinajstić information content (AvgIpc) is 2.60. The monoisotopic (exact) mass is 177 g/mol. The quantitative estimate of drug-likeness (QED) is 0.658. The number of carbonyl (C=O) groups excluding carboxylic acids is 1. The van der Waals surface area contributed by atoms with Crippen LogP contribution in [-0.4, -0.2) is 19.6 Å². The number of fused-ring (bicyclic) bond motifs is 1. The lowest BCUT2D eigenvalue weighted by Gasteiger charge is -2.06. The molecule has 1 aromatic carbocycles. The van der Waals surface area contributed by atoms with Crippen molar-refractivity contribution in [2.24, 2.45) is 0 Å². The average molecular weight is 177 g/mol. The van der Waals surface area contributed by atoms with Crippen LogP contribution in [-0.2, 0) is 9.53 Å². The lowest BCUT2D eigenvalue weighted by atomic mass is 10.0. The molecule has 13 heavy (non-hydrogen) atoms. The second-order valence-corrected chi connectivity index (χ2v) is 3.04. The second kappa shape index (κ2) is 3.09. The maximum absolute atomic E-state index is 11.3. The molecule has 0 spiro atoms. The van der Waals surface area contributed by atoms with E-state index >= 15 is 0 Å². The topological polar surface area (TPSA) is 38.3 Å². The van der Waals surface area contributed by atoms with E-state index in [0.29, 0.717) is 6.54 Å². The Hall–Kier alpha value is -1.51. The molecule has 0 saturated heterocycles. The summed E-state index contributed by atoms with van der Waals surface area (Å²) in [7, 11) is 1.42. The standard InChI is InChI=1S/C10H11NO2/c1-13-10(12)8-6-11-9-5-3-2-4-7(8)9/h2-5,8,11H,6H2,1H3/t8-/m0/s1. The highest BCUT2D eigenvalue weighted by atomic mass is 16.5. The van der Waals surface area contributed by atoms with E-state index in [-0.39, 0.29) is 11.9 Å². The van der Waals surface area contributed by atoms with Gasteiger partial charge in [0.05, 0.1) is 7.11 Å². The molecule has 0 bridgehead atoms. The Kier molecular flexibility index (Phi) is 1.93. The van der Waals surface area contributed by atoms with Crippen molar-refractivity contribution in [3.05, 3.63) is 29.8 Å². The number of hydrogen-bond acceptors (Lipinski definition) is 3. The van der Waals surface area contributed by atoms with Gasteiger partial charge in [0.2, 0.25) is 0 Å². The summed E-state index contributed by atoms with van der Waals surface area (Å²) in [6.45, 7) is 0.645. The number of benzene rings is 1. The Bertz CT molecular complexity index is 335. The molecule has 1 aromatic rings. The number of carbonyl (C=O) groups is 1. The number of methoxy groups -OCH3 is 1. The molecular weight excluding hydrogens is 166 g/mol. The Morgan fingerprint density at radius 2 is 2.31 bits per heavy atom. The van der Waals surface area contributed by atoms with E-state index < -0.39 is 0 Å². The molecule has 2 rings (SSSR count). The lowest BCUT2D eigenvalue weighted by molar-refractivity contribution is -0.141. The molecule has 68 valence electrons. The zero-order chi connectivity index (χ0) is 9.26. The molecule has 3 heteroatoms. The van der Waals surface area contributed by atoms with Crippen LogP contribution < -0.4 is 5.32 Å². The zero-order valence-corrected chi connectivity index (χ0v) is 7.41. The van der Waals surface area contributed by atoms with Gasteiger partial charge in [-0.2, -0.15) is 0 Å². The molecule has 0 aromatic heterocycles. The van der Waals surface area contributed by atoms with Crippen LogP contribution in [0.15, 0.2) is 24.3 Å². The van der Waals surface area contributed by atoms with Gasteiger partial charge in [-0.25, -0.2) is 0 Å². The van der Waals surface area contributed by atoms with E-state index in [0.717, 1.165) is 11.3 Å². The van der Waals surface area contributed by atoms with Crippen molar-refractivity contribution in [1.82, 2.24) is 0 Å². The minimum atomic E-state index is -0.169. The van der Waals surface area contributed by atoms with E-state index in [2.05, 4.69) is 5.32 Å². The number of rotatable bonds is 1. The van der Waals surface area contributed by atoms with Gasteiger partial charge in [0.25, 0.3) is 0 Å². The van der Waals surface area contributed by atoms with Crippen LogP contribution in [0.5, 0.6) is 0 Å². The molecule has 1 aliphatic rings. The van der Waals surface area contributed by atoms with Gasteiger partial charge in [0.15, 0.2) is 0 Å². The molecular formula is C10H11NO2. The summed E-state index contributed by atoms with van der Waals surface area (Å²) in [5.41, 5.74) is 2.08. The van der Waals surface area contributed by atoms with Crippen molar-refractivity contribution in [2.45, 2.75) is 5.92 Å². The van der Waals surface area contributed by atoms with Crippen molar-refractivity contribution >= 4 is 11.7 Å².